The molecule has 0 aliphatic carbocycles. The highest BCUT2D eigenvalue weighted by Gasteiger charge is 2.01. The summed E-state index contributed by atoms with van der Waals surface area (Å²) in [6.07, 6.45) is 2.15. The minimum absolute atomic E-state index is 1.02. The van der Waals surface area contributed by atoms with Crippen LogP contribution in [0.5, 0.6) is 0 Å². The molecular weight excluding hydrogens is 248 g/mol. The minimum Gasteiger partial charge on any atom is -0.143 e. The first kappa shape index (κ1) is 12.3. The number of hydrogen-bond acceptors (Lipinski definition) is 1. The van der Waals surface area contributed by atoms with Crippen LogP contribution in [0.15, 0.2) is 71.6 Å². The molecule has 0 aliphatic rings. The van der Waals surface area contributed by atoms with Crippen LogP contribution in [0.25, 0.3) is 10.8 Å². The van der Waals surface area contributed by atoms with Gasteiger partial charge in [-0.3, -0.25) is 0 Å². The van der Waals surface area contributed by atoms with E-state index in [2.05, 4.69) is 79.4 Å². The summed E-state index contributed by atoms with van der Waals surface area (Å²) < 4.78 is 0. The molecule has 0 unspecified atom stereocenters. The third-order valence-corrected chi connectivity index (χ3v) is 3.80. The quantitative estimate of drug-likeness (QED) is 0.638. The van der Waals surface area contributed by atoms with Crippen molar-refractivity contribution in [3.63, 3.8) is 0 Å². The van der Waals surface area contributed by atoms with E-state index >= 15 is 0 Å². The van der Waals surface area contributed by atoms with Crippen molar-refractivity contribution in [2.75, 3.05) is 0 Å². The van der Waals surface area contributed by atoms with Gasteiger partial charge in [0.25, 0.3) is 0 Å². The molecule has 0 N–H and O–H groups in total. The van der Waals surface area contributed by atoms with Gasteiger partial charge in [-0.2, -0.15) is 0 Å². The Labute approximate surface area is 119 Å². The number of aryl methyl sites for hydroxylation is 2. The monoisotopic (exact) mass is 264 g/mol. The first-order valence-electron chi connectivity index (χ1n) is 6.57. The van der Waals surface area contributed by atoms with Gasteiger partial charge < -0.3 is 0 Å². The fourth-order valence-corrected chi connectivity index (χ4v) is 2.60. The lowest BCUT2D eigenvalue weighted by atomic mass is 9.99. The van der Waals surface area contributed by atoms with Crippen molar-refractivity contribution >= 4 is 23.4 Å². The van der Waals surface area contributed by atoms with Gasteiger partial charge in [0.05, 0.1) is 0 Å². The standard InChI is InChI=1S/C18H16S/c19-17-12-9-14(10-13-17)8-11-16-6-3-5-15-4-1-2-7-18(15)16/h1-7,9-10,12-13,19H,8,11H2. The van der Waals surface area contributed by atoms with Crippen LogP contribution < -0.4 is 0 Å². The van der Waals surface area contributed by atoms with Crippen LogP contribution in [0.4, 0.5) is 0 Å². The van der Waals surface area contributed by atoms with Gasteiger partial charge in [0.2, 0.25) is 0 Å². The van der Waals surface area contributed by atoms with Crippen molar-refractivity contribution in [1.29, 1.82) is 0 Å². The highest BCUT2D eigenvalue weighted by Crippen LogP contribution is 2.20. The van der Waals surface area contributed by atoms with Crippen LogP contribution in [-0.2, 0) is 12.8 Å². The smallest absolute Gasteiger partial charge is 0.00401 e. The number of rotatable bonds is 3. The summed E-state index contributed by atoms with van der Waals surface area (Å²) in [5.41, 5.74) is 2.79. The molecule has 0 bridgehead atoms. The van der Waals surface area contributed by atoms with E-state index < -0.39 is 0 Å². The predicted octanol–water partition coefficient (Wildman–Crippen LogP) is 4.91. The number of benzene rings is 3. The van der Waals surface area contributed by atoms with Gasteiger partial charge in [-0.1, -0.05) is 54.6 Å². The molecular formula is C18H16S. The Hall–Kier alpha value is -1.73. The van der Waals surface area contributed by atoms with Gasteiger partial charge in [-0.15, -0.1) is 12.6 Å². The molecule has 0 aliphatic heterocycles. The van der Waals surface area contributed by atoms with Crippen LogP contribution in [0.3, 0.4) is 0 Å². The maximum Gasteiger partial charge on any atom is 0.00401 e. The van der Waals surface area contributed by atoms with Crippen molar-refractivity contribution < 1.29 is 0 Å². The highest BCUT2D eigenvalue weighted by atomic mass is 32.1. The molecule has 0 atom stereocenters. The van der Waals surface area contributed by atoms with Gasteiger partial charge in [0.1, 0.15) is 0 Å². The van der Waals surface area contributed by atoms with Crippen molar-refractivity contribution in [3.05, 3.63) is 77.9 Å². The fraction of sp³-hybridized carbons (Fsp3) is 0.111. The van der Waals surface area contributed by atoms with E-state index in [1.54, 1.807) is 0 Å². The minimum atomic E-state index is 1.02. The third kappa shape index (κ3) is 2.82. The van der Waals surface area contributed by atoms with Crippen molar-refractivity contribution in [2.45, 2.75) is 17.7 Å². The van der Waals surface area contributed by atoms with Crippen LogP contribution in [0, 0.1) is 0 Å². The van der Waals surface area contributed by atoms with E-state index in [1.165, 1.54) is 21.9 Å². The maximum absolute atomic E-state index is 4.32. The molecule has 0 nitrogen and oxygen atoms in total. The summed E-state index contributed by atoms with van der Waals surface area (Å²) in [5.74, 6) is 0. The zero-order valence-corrected chi connectivity index (χ0v) is 11.6. The molecule has 3 aromatic rings. The zero-order chi connectivity index (χ0) is 13.1. The van der Waals surface area contributed by atoms with Crippen molar-refractivity contribution in [1.82, 2.24) is 0 Å². The summed E-state index contributed by atoms with van der Waals surface area (Å²) in [6.45, 7) is 0. The molecule has 19 heavy (non-hydrogen) atoms. The van der Waals surface area contributed by atoms with Gasteiger partial charge in [0.15, 0.2) is 0 Å². The second kappa shape index (κ2) is 5.50. The van der Waals surface area contributed by atoms with E-state index in [1.807, 2.05) is 0 Å². The Balaban J connectivity index is 1.84. The largest absolute Gasteiger partial charge is 0.143 e. The average Bonchev–Trinajstić information content (AvgIpc) is 2.47. The van der Waals surface area contributed by atoms with Gasteiger partial charge in [-0.05, 0) is 46.9 Å². The lowest BCUT2D eigenvalue weighted by Crippen LogP contribution is -1.92. The molecule has 0 saturated carbocycles. The molecule has 0 aromatic heterocycles. The first-order valence-corrected chi connectivity index (χ1v) is 7.02. The van der Waals surface area contributed by atoms with E-state index in [4.69, 9.17) is 0 Å². The summed E-state index contributed by atoms with van der Waals surface area (Å²) in [5, 5.41) is 2.70. The molecule has 0 spiro atoms. The molecule has 0 fully saturated rings. The molecule has 0 saturated heterocycles. The summed E-state index contributed by atoms with van der Waals surface area (Å²) in [7, 11) is 0. The van der Waals surface area contributed by atoms with Crippen molar-refractivity contribution in [2.24, 2.45) is 0 Å². The Kier molecular flexibility index (Phi) is 3.56. The Bertz CT molecular complexity index is 678. The highest BCUT2D eigenvalue weighted by molar-refractivity contribution is 7.80. The second-order valence-corrected chi connectivity index (χ2v) is 5.32. The predicted molar refractivity (Wildman–Crippen MR) is 85.1 cm³/mol. The van der Waals surface area contributed by atoms with Crippen LogP contribution >= 0.6 is 12.6 Å². The van der Waals surface area contributed by atoms with Crippen molar-refractivity contribution in [3.8, 4) is 0 Å². The number of hydrogen-bond donors (Lipinski definition) is 1. The summed E-state index contributed by atoms with van der Waals surface area (Å²) in [6, 6.07) is 23.6. The van der Waals surface area contributed by atoms with Crippen LogP contribution in [-0.4, -0.2) is 0 Å². The van der Waals surface area contributed by atoms with Gasteiger partial charge in [-0.25, -0.2) is 0 Å². The molecule has 3 aromatic carbocycles. The van der Waals surface area contributed by atoms with Crippen LogP contribution in [0.1, 0.15) is 11.1 Å². The Morgan fingerprint density at radius 2 is 1.42 bits per heavy atom. The Morgan fingerprint density at radius 3 is 2.26 bits per heavy atom. The van der Waals surface area contributed by atoms with Crippen LogP contribution in [0.2, 0.25) is 0 Å². The zero-order valence-electron chi connectivity index (χ0n) is 10.7. The third-order valence-electron chi connectivity index (χ3n) is 3.50. The Morgan fingerprint density at radius 1 is 0.684 bits per heavy atom. The molecule has 0 radical (unpaired) electrons. The lowest BCUT2D eigenvalue weighted by Gasteiger charge is -2.07. The number of fused-ring (bicyclic) bond motifs is 1. The normalized spacial score (nSPS) is 10.8. The lowest BCUT2D eigenvalue weighted by molar-refractivity contribution is 0.967. The second-order valence-electron chi connectivity index (χ2n) is 4.80. The molecule has 1 heteroatoms. The van der Waals surface area contributed by atoms with Gasteiger partial charge in [0, 0.05) is 4.90 Å². The summed E-state index contributed by atoms with van der Waals surface area (Å²) in [4.78, 5) is 1.02. The molecule has 3 rings (SSSR count). The van der Waals surface area contributed by atoms with E-state index in [9.17, 15) is 0 Å². The van der Waals surface area contributed by atoms with E-state index in [0.29, 0.717) is 0 Å². The van der Waals surface area contributed by atoms with E-state index in [-0.39, 0.29) is 0 Å². The summed E-state index contributed by atoms with van der Waals surface area (Å²) >= 11 is 4.32. The van der Waals surface area contributed by atoms with Gasteiger partial charge >= 0.3 is 0 Å². The maximum atomic E-state index is 4.32. The SMILES string of the molecule is Sc1ccc(CCc2cccc3ccccc23)cc1. The van der Waals surface area contributed by atoms with E-state index in [0.717, 1.165) is 17.7 Å². The number of thiol groups is 1. The topological polar surface area (TPSA) is 0 Å². The molecule has 0 amide bonds. The molecule has 94 valence electrons. The first-order chi connectivity index (χ1) is 9.33. The fourth-order valence-electron chi connectivity index (χ4n) is 2.45. The molecule has 0 heterocycles. The average molecular weight is 264 g/mol.